The van der Waals surface area contributed by atoms with E-state index < -0.39 is 0 Å². The molecule has 0 unspecified atom stereocenters. The van der Waals surface area contributed by atoms with E-state index in [4.69, 9.17) is 0 Å². The Hall–Kier alpha value is -2.74. The molecular weight excluding hydrogens is 346 g/mol. The van der Waals surface area contributed by atoms with Gasteiger partial charge in [-0.3, -0.25) is 19.3 Å². The zero-order chi connectivity index (χ0) is 18.8. The number of nitrogens with zero attached hydrogens (tertiary/aromatic N) is 3. The van der Waals surface area contributed by atoms with Gasteiger partial charge in [0.05, 0.1) is 24.0 Å². The molecule has 4 rings (SSSR count). The summed E-state index contributed by atoms with van der Waals surface area (Å²) in [5.41, 5.74) is 0.335. The van der Waals surface area contributed by atoms with Crippen LogP contribution in [0.3, 0.4) is 0 Å². The minimum atomic E-state index is -0.250. The molecule has 142 valence electrons. The number of benzene rings is 1. The molecule has 0 spiro atoms. The van der Waals surface area contributed by atoms with E-state index in [-0.39, 0.29) is 23.8 Å². The van der Waals surface area contributed by atoms with Gasteiger partial charge in [-0.05, 0) is 18.9 Å². The van der Waals surface area contributed by atoms with Crippen molar-refractivity contribution < 1.29 is 9.59 Å². The zero-order valence-corrected chi connectivity index (χ0v) is 15.1. The van der Waals surface area contributed by atoms with E-state index in [1.807, 2.05) is 12.1 Å². The van der Waals surface area contributed by atoms with Gasteiger partial charge in [0.2, 0.25) is 11.8 Å². The molecule has 2 heterocycles. The highest BCUT2D eigenvalue weighted by Gasteiger charge is 2.26. The predicted molar refractivity (Wildman–Crippen MR) is 100 cm³/mol. The van der Waals surface area contributed by atoms with Gasteiger partial charge in [0, 0.05) is 37.6 Å². The molecular formula is C19H23N5O3. The van der Waals surface area contributed by atoms with Crippen LogP contribution in [0.4, 0.5) is 0 Å². The number of nitrogens with one attached hydrogen (secondary N) is 2. The molecule has 1 aliphatic carbocycles. The lowest BCUT2D eigenvalue weighted by Crippen LogP contribution is -2.51. The van der Waals surface area contributed by atoms with Crippen molar-refractivity contribution >= 4 is 22.6 Å². The van der Waals surface area contributed by atoms with E-state index >= 15 is 0 Å². The van der Waals surface area contributed by atoms with Crippen molar-refractivity contribution in [2.75, 3.05) is 32.7 Å². The van der Waals surface area contributed by atoms with Gasteiger partial charge >= 0.3 is 0 Å². The molecule has 1 saturated carbocycles. The quantitative estimate of drug-likeness (QED) is 0.766. The van der Waals surface area contributed by atoms with Crippen LogP contribution in [0, 0.1) is 0 Å². The second kappa shape index (κ2) is 7.48. The van der Waals surface area contributed by atoms with Gasteiger partial charge in [0.25, 0.3) is 5.56 Å². The Kier molecular flexibility index (Phi) is 4.89. The monoisotopic (exact) mass is 369 g/mol. The Morgan fingerprint density at radius 1 is 1.11 bits per heavy atom. The summed E-state index contributed by atoms with van der Waals surface area (Å²) in [7, 11) is 0. The lowest BCUT2D eigenvalue weighted by Gasteiger charge is -2.34. The summed E-state index contributed by atoms with van der Waals surface area (Å²) < 4.78 is 0. The second-order valence-electron chi connectivity index (χ2n) is 7.22. The summed E-state index contributed by atoms with van der Waals surface area (Å²) in [5.74, 6) is 0.0583. The smallest absolute Gasteiger partial charge is 0.272 e. The van der Waals surface area contributed by atoms with Crippen molar-refractivity contribution in [2.24, 2.45) is 0 Å². The van der Waals surface area contributed by atoms with Crippen LogP contribution in [0.25, 0.3) is 10.8 Å². The van der Waals surface area contributed by atoms with Crippen molar-refractivity contribution in [3.05, 3.63) is 40.3 Å². The van der Waals surface area contributed by atoms with Gasteiger partial charge in [0.15, 0.2) is 0 Å². The highest BCUT2D eigenvalue weighted by Crippen LogP contribution is 2.18. The molecule has 1 aliphatic heterocycles. The third-order valence-electron chi connectivity index (χ3n) is 5.13. The number of rotatable bonds is 5. The van der Waals surface area contributed by atoms with E-state index in [2.05, 4.69) is 20.4 Å². The Balaban J connectivity index is 1.34. The van der Waals surface area contributed by atoms with Gasteiger partial charge < -0.3 is 10.2 Å². The standard InChI is InChI=1S/C19H23N5O3/c25-17(20-13-5-6-13)12-23-7-9-24(10-8-23)18(26)11-16-14-3-1-2-4-15(14)19(27)22-21-16/h1-4,13H,5-12H2,(H,20,25)(H,22,27). The third kappa shape index (κ3) is 4.16. The summed E-state index contributed by atoms with van der Waals surface area (Å²) in [6, 6.07) is 7.55. The number of amides is 2. The fourth-order valence-corrected chi connectivity index (χ4v) is 3.42. The molecule has 2 N–H and O–H groups in total. The lowest BCUT2D eigenvalue weighted by molar-refractivity contribution is -0.132. The van der Waals surface area contributed by atoms with Crippen LogP contribution >= 0.6 is 0 Å². The molecule has 1 saturated heterocycles. The minimum Gasteiger partial charge on any atom is -0.352 e. The SMILES string of the molecule is O=C(CN1CCN(C(=O)Cc2n[nH]c(=O)c3ccccc23)CC1)NC1CC1. The number of aromatic nitrogens is 2. The average Bonchev–Trinajstić information content (AvgIpc) is 3.48. The predicted octanol–water partition coefficient (Wildman–Crippen LogP) is -0.112. The fourth-order valence-electron chi connectivity index (χ4n) is 3.42. The maximum atomic E-state index is 12.7. The number of fused-ring (bicyclic) bond motifs is 1. The minimum absolute atomic E-state index is 0.0122. The molecule has 0 bridgehead atoms. The number of hydrogen-bond donors (Lipinski definition) is 2. The number of carbonyl (C=O) groups is 2. The first kappa shape index (κ1) is 17.7. The molecule has 2 amide bonds. The normalized spacial score (nSPS) is 17.9. The van der Waals surface area contributed by atoms with Gasteiger partial charge in [-0.25, -0.2) is 5.10 Å². The van der Waals surface area contributed by atoms with E-state index in [9.17, 15) is 14.4 Å². The first-order valence-corrected chi connectivity index (χ1v) is 9.36. The van der Waals surface area contributed by atoms with Crippen molar-refractivity contribution in [2.45, 2.75) is 25.3 Å². The van der Waals surface area contributed by atoms with Crippen molar-refractivity contribution in [3.63, 3.8) is 0 Å². The number of aromatic amines is 1. The highest BCUT2D eigenvalue weighted by molar-refractivity contribution is 5.88. The van der Waals surface area contributed by atoms with Crippen LogP contribution in [0.15, 0.2) is 29.1 Å². The topological polar surface area (TPSA) is 98.4 Å². The van der Waals surface area contributed by atoms with Crippen LogP contribution in [0.1, 0.15) is 18.5 Å². The molecule has 2 aliphatic rings. The molecule has 8 heteroatoms. The summed E-state index contributed by atoms with van der Waals surface area (Å²) in [4.78, 5) is 40.3. The molecule has 1 aromatic heterocycles. The Morgan fingerprint density at radius 3 is 2.52 bits per heavy atom. The number of H-pyrrole nitrogens is 1. The Morgan fingerprint density at radius 2 is 1.81 bits per heavy atom. The first-order chi connectivity index (χ1) is 13.1. The highest BCUT2D eigenvalue weighted by atomic mass is 16.2. The van der Waals surface area contributed by atoms with Gasteiger partial charge in [-0.2, -0.15) is 5.10 Å². The molecule has 27 heavy (non-hydrogen) atoms. The van der Waals surface area contributed by atoms with Crippen LogP contribution in [-0.4, -0.2) is 70.6 Å². The summed E-state index contributed by atoms with van der Waals surface area (Å²) in [6.07, 6.45) is 2.32. The van der Waals surface area contributed by atoms with Gasteiger partial charge in [0.1, 0.15) is 0 Å². The number of piperazine rings is 1. The average molecular weight is 369 g/mol. The maximum absolute atomic E-state index is 12.7. The third-order valence-corrected chi connectivity index (χ3v) is 5.13. The molecule has 0 atom stereocenters. The summed E-state index contributed by atoms with van der Waals surface area (Å²) in [5, 5.41) is 10.8. The van der Waals surface area contributed by atoms with Gasteiger partial charge in [-0.15, -0.1) is 0 Å². The maximum Gasteiger partial charge on any atom is 0.272 e. The molecule has 8 nitrogen and oxygen atoms in total. The molecule has 0 radical (unpaired) electrons. The molecule has 2 fully saturated rings. The fraction of sp³-hybridized carbons (Fsp3) is 0.474. The number of hydrogen-bond acceptors (Lipinski definition) is 5. The van der Waals surface area contributed by atoms with E-state index in [1.54, 1.807) is 17.0 Å². The Labute approximate surface area is 156 Å². The van der Waals surface area contributed by atoms with Crippen molar-refractivity contribution in [3.8, 4) is 0 Å². The van der Waals surface area contributed by atoms with Crippen LogP contribution < -0.4 is 10.9 Å². The van der Waals surface area contributed by atoms with Crippen molar-refractivity contribution in [1.29, 1.82) is 0 Å². The van der Waals surface area contributed by atoms with Crippen LogP contribution in [0.5, 0.6) is 0 Å². The summed E-state index contributed by atoms with van der Waals surface area (Å²) in [6.45, 7) is 2.95. The van der Waals surface area contributed by atoms with Crippen LogP contribution in [0.2, 0.25) is 0 Å². The van der Waals surface area contributed by atoms with E-state index in [0.29, 0.717) is 55.2 Å². The molecule has 2 aromatic rings. The van der Waals surface area contributed by atoms with E-state index in [0.717, 1.165) is 12.8 Å². The van der Waals surface area contributed by atoms with Crippen molar-refractivity contribution in [1.82, 2.24) is 25.3 Å². The lowest BCUT2D eigenvalue weighted by atomic mass is 10.1. The summed E-state index contributed by atoms with van der Waals surface area (Å²) >= 11 is 0. The Bertz CT molecular complexity index is 913. The number of carbonyl (C=O) groups excluding carboxylic acids is 2. The zero-order valence-electron chi connectivity index (χ0n) is 15.1. The van der Waals surface area contributed by atoms with Gasteiger partial charge in [-0.1, -0.05) is 18.2 Å². The molecule has 1 aromatic carbocycles. The van der Waals surface area contributed by atoms with E-state index in [1.165, 1.54) is 0 Å². The van der Waals surface area contributed by atoms with Crippen LogP contribution in [-0.2, 0) is 16.0 Å². The first-order valence-electron chi connectivity index (χ1n) is 9.36. The largest absolute Gasteiger partial charge is 0.352 e. The second-order valence-corrected chi connectivity index (χ2v) is 7.22.